The lowest BCUT2D eigenvalue weighted by Gasteiger charge is -2.16. The van der Waals surface area contributed by atoms with Gasteiger partial charge in [-0.15, -0.1) is 0 Å². The summed E-state index contributed by atoms with van der Waals surface area (Å²) in [7, 11) is 0. The molecule has 2 aromatic carbocycles. The molecule has 0 saturated heterocycles. The lowest BCUT2D eigenvalue weighted by Crippen LogP contribution is -2.15. The summed E-state index contributed by atoms with van der Waals surface area (Å²) in [5.41, 5.74) is 9.31. The molecule has 2 saturated carbocycles. The number of aromatic nitrogens is 6. The van der Waals surface area contributed by atoms with Gasteiger partial charge in [-0.25, -0.2) is 19.9 Å². The van der Waals surface area contributed by atoms with E-state index in [9.17, 15) is 9.59 Å². The fraction of sp³-hybridized carbons (Fsp3) is 0.409. The number of imidazole rings is 2. The third-order valence-electron chi connectivity index (χ3n) is 10.8. The summed E-state index contributed by atoms with van der Waals surface area (Å²) in [6.45, 7) is 11.1. The smallest absolute Gasteiger partial charge is 0.251 e. The van der Waals surface area contributed by atoms with E-state index in [-0.39, 0.29) is 11.8 Å². The van der Waals surface area contributed by atoms with Crippen molar-refractivity contribution in [3.8, 4) is 22.5 Å². The predicted octanol–water partition coefficient (Wildman–Crippen LogP) is 8.54. The predicted molar refractivity (Wildman–Crippen MR) is 223 cm³/mol. The van der Waals surface area contributed by atoms with Crippen LogP contribution in [0.4, 0.5) is 11.6 Å². The number of anilines is 2. The van der Waals surface area contributed by atoms with Crippen molar-refractivity contribution < 1.29 is 9.59 Å². The number of nitrogens with zero attached hydrogens (tertiary/aromatic N) is 6. The summed E-state index contributed by atoms with van der Waals surface area (Å²) >= 11 is 0. The van der Waals surface area contributed by atoms with Crippen molar-refractivity contribution in [3.05, 3.63) is 95.8 Å². The number of nitrogens with one attached hydrogen (secondary N) is 4. The lowest BCUT2D eigenvalue weighted by molar-refractivity contribution is 0.0957. The van der Waals surface area contributed by atoms with Crippen molar-refractivity contribution >= 4 is 34.7 Å². The van der Waals surface area contributed by atoms with Crippen LogP contribution in [-0.2, 0) is 13.1 Å². The highest BCUT2D eigenvalue weighted by molar-refractivity contribution is 5.99. The van der Waals surface area contributed by atoms with Gasteiger partial charge >= 0.3 is 0 Å². The molecule has 2 aliphatic heterocycles. The Morgan fingerprint density at radius 3 is 1.50 bits per heavy atom. The second-order valence-electron chi connectivity index (χ2n) is 14.4. The Balaban J connectivity index is 0.000000159. The van der Waals surface area contributed by atoms with Crippen LogP contribution in [0.5, 0.6) is 0 Å². The summed E-state index contributed by atoms with van der Waals surface area (Å²) in [5, 5.41) is 12.7. The summed E-state index contributed by atoms with van der Waals surface area (Å²) in [4.78, 5) is 41.8. The summed E-state index contributed by atoms with van der Waals surface area (Å²) < 4.78 is 4.13. The van der Waals surface area contributed by atoms with Gasteiger partial charge in [-0.1, -0.05) is 65.5 Å². The van der Waals surface area contributed by atoms with E-state index in [0.29, 0.717) is 13.1 Å². The molecule has 4 N–H and O–H groups in total. The van der Waals surface area contributed by atoms with Crippen molar-refractivity contribution in [1.82, 2.24) is 39.4 Å². The van der Waals surface area contributed by atoms with E-state index in [1.807, 2.05) is 87.3 Å². The number of carbonyl (C=O) groups is 2. The maximum atomic E-state index is 11.8. The molecule has 6 aromatic rings. The van der Waals surface area contributed by atoms with Crippen molar-refractivity contribution in [2.24, 2.45) is 11.8 Å². The van der Waals surface area contributed by atoms with Gasteiger partial charge in [0.05, 0.1) is 23.8 Å². The van der Waals surface area contributed by atoms with Gasteiger partial charge in [0.15, 0.2) is 22.9 Å². The Bertz CT molecular complexity index is 2300. The highest BCUT2D eigenvalue weighted by atomic mass is 16.2. The van der Waals surface area contributed by atoms with Crippen LogP contribution >= 0.6 is 0 Å². The molecule has 2 aliphatic carbocycles. The van der Waals surface area contributed by atoms with Crippen LogP contribution in [0.25, 0.3) is 33.8 Å². The van der Waals surface area contributed by atoms with Gasteiger partial charge in [0, 0.05) is 73.2 Å². The molecule has 4 aromatic heterocycles. The number of rotatable bonds is 8. The maximum absolute atomic E-state index is 11.8. The van der Waals surface area contributed by atoms with Gasteiger partial charge < -0.3 is 21.3 Å². The van der Waals surface area contributed by atoms with E-state index >= 15 is 0 Å². The number of carbonyl (C=O) groups excluding carboxylic acids is 2. The zero-order valence-electron chi connectivity index (χ0n) is 33.1. The number of hydrogen-bond donors (Lipinski definition) is 4. The van der Waals surface area contributed by atoms with E-state index in [1.165, 1.54) is 51.4 Å². The Labute approximate surface area is 329 Å². The summed E-state index contributed by atoms with van der Waals surface area (Å²) in [5.74, 6) is 3.18. The number of hydrogen-bond acceptors (Lipinski definition) is 8. The van der Waals surface area contributed by atoms with Crippen LogP contribution in [0.2, 0.25) is 0 Å². The Morgan fingerprint density at radius 1 is 0.607 bits per heavy atom. The Kier molecular flexibility index (Phi) is 12.2. The molecule has 0 unspecified atom stereocenters. The van der Waals surface area contributed by atoms with Crippen molar-refractivity contribution in [2.45, 2.75) is 92.2 Å². The first-order valence-corrected chi connectivity index (χ1v) is 20.5. The van der Waals surface area contributed by atoms with Crippen LogP contribution in [0.15, 0.2) is 73.6 Å². The number of benzene rings is 2. The molecule has 0 bridgehead atoms. The molecule has 10 rings (SSSR count). The lowest BCUT2D eigenvalue weighted by atomic mass is 10.0. The molecule has 2 amide bonds. The second-order valence-corrected chi connectivity index (χ2v) is 14.4. The van der Waals surface area contributed by atoms with Gasteiger partial charge in [-0.2, -0.15) is 0 Å². The topological polar surface area (TPSA) is 143 Å². The number of amides is 2. The average Bonchev–Trinajstić information content (AvgIpc) is 3.47. The fourth-order valence-electron chi connectivity index (χ4n) is 7.67. The molecule has 0 spiro atoms. The van der Waals surface area contributed by atoms with Crippen LogP contribution in [-0.4, -0.2) is 53.6 Å². The molecule has 292 valence electrons. The molecule has 2 fully saturated rings. The van der Waals surface area contributed by atoms with Crippen molar-refractivity contribution in [2.75, 3.05) is 23.7 Å². The SMILES string of the molecule is CC.CC.O=C1NCc2cc(-c3cnc(NCC4CC4)c4nccn34)ccc21.O=C1NCc2cc(-c3cnc(NCC4CCCCCC4)c4nccn34)ccc21. The first-order chi connectivity index (χ1) is 27.6. The molecule has 0 atom stereocenters. The zero-order chi connectivity index (χ0) is 39.0. The minimum Gasteiger partial charge on any atom is -0.367 e. The maximum Gasteiger partial charge on any atom is 0.251 e. The fourth-order valence-corrected chi connectivity index (χ4v) is 7.67. The van der Waals surface area contributed by atoms with E-state index < -0.39 is 0 Å². The third-order valence-corrected chi connectivity index (χ3v) is 10.8. The minimum absolute atomic E-state index is 0.00192. The van der Waals surface area contributed by atoms with Crippen LogP contribution in [0.3, 0.4) is 0 Å². The van der Waals surface area contributed by atoms with Gasteiger partial charge in [0.1, 0.15) is 0 Å². The van der Waals surface area contributed by atoms with Gasteiger partial charge in [0.25, 0.3) is 11.8 Å². The monoisotopic (exact) mass is 754 g/mol. The molecule has 6 heterocycles. The quantitative estimate of drug-likeness (QED) is 0.113. The van der Waals surface area contributed by atoms with E-state index in [1.54, 1.807) is 6.20 Å². The average molecular weight is 755 g/mol. The highest BCUT2D eigenvalue weighted by Crippen LogP contribution is 2.31. The van der Waals surface area contributed by atoms with E-state index in [0.717, 1.165) is 92.6 Å². The first-order valence-electron chi connectivity index (χ1n) is 20.5. The standard InChI is InChI=1S/C22H25N5O.C18H17N5O.2C2H6/c28-22-18-8-7-16(11-17(18)13-26-22)19-14-25-20(21-23-9-10-27(19)21)24-12-15-5-3-1-2-4-6-15;24-18-14-4-3-12(7-13(14)9-22-18)15-10-21-16(20-8-11-1-2-11)17-19-5-6-23(15)17;2*1-2/h7-11,14-15H,1-6,12-13H2,(H,24,25)(H,26,28);3-7,10-11H,1-2,8-9H2,(H,20,21)(H,22,24);2*1-2H3. The number of fused-ring (bicyclic) bond motifs is 4. The molecular weight excluding hydrogens is 701 g/mol. The first kappa shape index (κ1) is 38.5. The van der Waals surface area contributed by atoms with Crippen molar-refractivity contribution in [3.63, 3.8) is 0 Å². The summed E-state index contributed by atoms with van der Waals surface area (Å²) in [6, 6.07) is 11.9. The molecule has 12 heteroatoms. The van der Waals surface area contributed by atoms with Crippen LogP contribution in [0.1, 0.15) is 111 Å². The molecule has 0 radical (unpaired) electrons. The van der Waals surface area contributed by atoms with Gasteiger partial charge in [0.2, 0.25) is 0 Å². The highest BCUT2D eigenvalue weighted by Gasteiger charge is 2.23. The zero-order valence-corrected chi connectivity index (χ0v) is 33.1. The minimum atomic E-state index is 0.00192. The molecular formula is C44H54N10O2. The van der Waals surface area contributed by atoms with Gasteiger partial charge in [-0.05, 0) is 72.9 Å². The molecule has 56 heavy (non-hydrogen) atoms. The molecule has 4 aliphatic rings. The third kappa shape index (κ3) is 8.24. The molecule has 12 nitrogen and oxygen atoms in total. The van der Waals surface area contributed by atoms with Crippen LogP contribution in [0, 0.1) is 11.8 Å². The van der Waals surface area contributed by atoms with Crippen molar-refractivity contribution in [1.29, 1.82) is 0 Å². The van der Waals surface area contributed by atoms with E-state index in [4.69, 9.17) is 4.98 Å². The Hall–Kier alpha value is -5.78. The normalized spacial score (nSPS) is 15.9. The largest absolute Gasteiger partial charge is 0.367 e. The summed E-state index contributed by atoms with van der Waals surface area (Å²) in [6.07, 6.45) is 21.9. The van der Waals surface area contributed by atoms with Gasteiger partial charge in [-0.3, -0.25) is 18.4 Å². The second kappa shape index (κ2) is 17.8. The van der Waals surface area contributed by atoms with Crippen LogP contribution < -0.4 is 21.3 Å². The Morgan fingerprint density at radius 2 is 1.05 bits per heavy atom. The van der Waals surface area contributed by atoms with E-state index in [2.05, 4.69) is 52.8 Å².